The average Bonchev–Trinajstić information content (AvgIpc) is 2.21. The van der Waals surface area contributed by atoms with Crippen LogP contribution in [-0.4, -0.2) is 5.79 Å². The normalized spacial score (nSPS) is 17.9. The highest BCUT2D eigenvalue weighted by Crippen LogP contribution is 2.38. The first-order valence-corrected chi connectivity index (χ1v) is 3.74. The Morgan fingerprint density at radius 2 is 1.83 bits per heavy atom. The molecule has 0 aromatic heterocycles. The van der Waals surface area contributed by atoms with Crippen molar-refractivity contribution < 1.29 is 13.9 Å². The maximum atomic E-state index is 12.7. The SMILES string of the molecule is CC1(C)Oc2ccc(F)cc2O1. The summed E-state index contributed by atoms with van der Waals surface area (Å²) < 4.78 is 23.4. The van der Waals surface area contributed by atoms with E-state index in [0.29, 0.717) is 11.5 Å². The molecule has 64 valence electrons. The number of fused-ring (bicyclic) bond motifs is 1. The molecule has 0 saturated carbocycles. The van der Waals surface area contributed by atoms with Crippen molar-refractivity contribution in [2.75, 3.05) is 0 Å². The van der Waals surface area contributed by atoms with Crippen molar-refractivity contribution in [1.82, 2.24) is 0 Å². The van der Waals surface area contributed by atoms with Gasteiger partial charge in [-0.05, 0) is 12.1 Å². The van der Waals surface area contributed by atoms with Crippen LogP contribution in [0.1, 0.15) is 13.8 Å². The molecular weight excluding hydrogens is 159 g/mol. The van der Waals surface area contributed by atoms with Crippen molar-refractivity contribution in [2.24, 2.45) is 0 Å². The zero-order valence-electron chi connectivity index (χ0n) is 6.93. The molecule has 12 heavy (non-hydrogen) atoms. The largest absolute Gasteiger partial charge is 0.449 e. The van der Waals surface area contributed by atoms with E-state index in [4.69, 9.17) is 9.47 Å². The summed E-state index contributed by atoms with van der Waals surface area (Å²) in [7, 11) is 0. The molecule has 2 rings (SSSR count). The molecule has 1 aliphatic rings. The van der Waals surface area contributed by atoms with E-state index < -0.39 is 5.79 Å². The zero-order valence-corrected chi connectivity index (χ0v) is 6.93. The lowest BCUT2D eigenvalue weighted by molar-refractivity contribution is -0.0431. The molecule has 1 heterocycles. The Balaban J connectivity index is 2.43. The fourth-order valence-corrected chi connectivity index (χ4v) is 1.20. The van der Waals surface area contributed by atoms with Crippen LogP contribution in [0.15, 0.2) is 18.2 Å². The molecule has 0 N–H and O–H groups in total. The van der Waals surface area contributed by atoms with E-state index in [9.17, 15) is 4.39 Å². The Morgan fingerprint density at radius 3 is 2.58 bits per heavy atom. The third-order valence-electron chi connectivity index (χ3n) is 1.62. The van der Waals surface area contributed by atoms with Crippen molar-refractivity contribution in [1.29, 1.82) is 0 Å². The molecule has 0 bridgehead atoms. The van der Waals surface area contributed by atoms with Gasteiger partial charge in [-0.1, -0.05) is 0 Å². The summed E-state index contributed by atoms with van der Waals surface area (Å²) in [6.07, 6.45) is 0. The number of hydrogen-bond acceptors (Lipinski definition) is 2. The third-order valence-corrected chi connectivity index (χ3v) is 1.62. The van der Waals surface area contributed by atoms with Gasteiger partial charge < -0.3 is 9.47 Å². The van der Waals surface area contributed by atoms with Gasteiger partial charge >= 0.3 is 0 Å². The van der Waals surface area contributed by atoms with Crippen molar-refractivity contribution >= 4 is 0 Å². The van der Waals surface area contributed by atoms with E-state index >= 15 is 0 Å². The summed E-state index contributed by atoms with van der Waals surface area (Å²) in [5.41, 5.74) is 0. The lowest BCUT2D eigenvalue weighted by Gasteiger charge is -2.16. The smallest absolute Gasteiger partial charge is 0.246 e. The van der Waals surface area contributed by atoms with E-state index in [1.165, 1.54) is 12.1 Å². The van der Waals surface area contributed by atoms with E-state index in [-0.39, 0.29) is 5.82 Å². The molecular formula is C9H9FO2. The van der Waals surface area contributed by atoms with Crippen LogP contribution in [0.4, 0.5) is 4.39 Å². The first-order valence-electron chi connectivity index (χ1n) is 3.74. The second-order valence-corrected chi connectivity index (χ2v) is 3.20. The molecule has 3 heteroatoms. The monoisotopic (exact) mass is 168 g/mol. The average molecular weight is 168 g/mol. The molecule has 1 aromatic carbocycles. The van der Waals surface area contributed by atoms with Gasteiger partial charge in [-0.15, -0.1) is 0 Å². The fourth-order valence-electron chi connectivity index (χ4n) is 1.20. The van der Waals surface area contributed by atoms with Crippen LogP contribution >= 0.6 is 0 Å². The van der Waals surface area contributed by atoms with Gasteiger partial charge in [0.25, 0.3) is 0 Å². The summed E-state index contributed by atoms with van der Waals surface area (Å²) in [6.45, 7) is 3.57. The molecule has 0 unspecified atom stereocenters. The summed E-state index contributed by atoms with van der Waals surface area (Å²) >= 11 is 0. The van der Waals surface area contributed by atoms with Crippen molar-refractivity contribution in [2.45, 2.75) is 19.6 Å². The van der Waals surface area contributed by atoms with Gasteiger partial charge in [-0.25, -0.2) is 4.39 Å². The van der Waals surface area contributed by atoms with Gasteiger partial charge in [0.2, 0.25) is 5.79 Å². The minimum absolute atomic E-state index is 0.310. The number of benzene rings is 1. The molecule has 0 fully saturated rings. The minimum atomic E-state index is -0.671. The summed E-state index contributed by atoms with van der Waals surface area (Å²) in [5, 5.41) is 0. The molecule has 0 spiro atoms. The predicted octanol–water partition coefficient (Wildman–Crippen LogP) is 2.33. The second kappa shape index (κ2) is 2.12. The Labute approximate surface area is 69.9 Å². The molecule has 2 nitrogen and oxygen atoms in total. The molecule has 0 atom stereocenters. The Kier molecular flexibility index (Phi) is 1.31. The second-order valence-electron chi connectivity index (χ2n) is 3.20. The summed E-state index contributed by atoms with van der Waals surface area (Å²) in [5.74, 6) is 0.0901. The van der Waals surface area contributed by atoms with Gasteiger partial charge in [0.15, 0.2) is 11.5 Å². The van der Waals surface area contributed by atoms with Crippen molar-refractivity contribution in [3.63, 3.8) is 0 Å². The maximum Gasteiger partial charge on any atom is 0.246 e. The van der Waals surface area contributed by atoms with Gasteiger partial charge in [0.05, 0.1) is 0 Å². The van der Waals surface area contributed by atoms with Gasteiger partial charge in [-0.3, -0.25) is 0 Å². The molecule has 0 amide bonds. The highest BCUT2D eigenvalue weighted by molar-refractivity contribution is 5.43. The molecule has 1 aliphatic heterocycles. The van der Waals surface area contributed by atoms with Crippen LogP contribution in [0.5, 0.6) is 11.5 Å². The number of ether oxygens (including phenoxy) is 2. The summed E-state index contributed by atoms with van der Waals surface area (Å²) in [4.78, 5) is 0. The first kappa shape index (κ1) is 7.40. The lowest BCUT2D eigenvalue weighted by Crippen LogP contribution is -2.29. The highest BCUT2D eigenvalue weighted by atomic mass is 19.1. The Morgan fingerprint density at radius 1 is 1.17 bits per heavy atom. The van der Waals surface area contributed by atoms with Crippen LogP contribution in [0.25, 0.3) is 0 Å². The molecule has 0 saturated heterocycles. The van der Waals surface area contributed by atoms with Gasteiger partial charge in [0, 0.05) is 19.9 Å². The standard InChI is InChI=1S/C9H9FO2/c1-9(2)11-7-4-3-6(10)5-8(7)12-9/h3-5H,1-2H3. The quantitative estimate of drug-likeness (QED) is 0.592. The van der Waals surface area contributed by atoms with Crippen molar-refractivity contribution in [3.05, 3.63) is 24.0 Å². The van der Waals surface area contributed by atoms with Crippen LogP contribution < -0.4 is 9.47 Å². The zero-order chi connectivity index (χ0) is 8.77. The minimum Gasteiger partial charge on any atom is -0.449 e. The van der Waals surface area contributed by atoms with Crippen LogP contribution in [0, 0.1) is 5.82 Å². The van der Waals surface area contributed by atoms with Crippen molar-refractivity contribution in [3.8, 4) is 11.5 Å². The topological polar surface area (TPSA) is 18.5 Å². The Hall–Kier alpha value is -1.25. The molecule has 1 aromatic rings. The number of halogens is 1. The van der Waals surface area contributed by atoms with Gasteiger partial charge in [0.1, 0.15) is 5.82 Å². The molecule has 0 aliphatic carbocycles. The highest BCUT2D eigenvalue weighted by Gasteiger charge is 2.31. The van der Waals surface area contributed by atoms with Crippen LogP contribution in [0.2, 0.25) is 0 Å². The van der Waals surface area contributed by atoms with Crippen LogP contribution in [-0.2, 0) is 0 Å². The maximum absolute atomic E-state index is 12.7. The third kappa shape index (κ3) is 1.11. The fraction of sp³-hybridized carbons (Fsp3) is 0.333. The summed E-state index contributed by atoms with van der Waals surface area (Å²) in [6, 6.07) is 4.24. The predicted molar refractivity (Wildman–Crippen MR) is 41.7 cm³/mol. The van der Waals surface area contributed by atoms with E-state index in [0.717, 1.165) is 0 Å². The van der Waals surface area contributed by atoms with E-state index in [2.05, 4.69) is 0 Å². The first-order chi connectivity index (χ1) is 5.57. The number of rotatable bonds is 0. The van der Waals surface area contributed by atoms with E-state index in [1.54, 1.807) is 19.9 Å². The Bertz CT molecular complexity index is 320. The van der Waals surface area contributed by atoms with Gasteiger partial charge in [-0.2, -0.15) is 0 Å². The lowest BCUT2D eigenvalue weighted by atomic mass is 10.3. The van der Waals surface area contributed by atoms with Crippen LogP contribution in [0.3, 0.4) is 0 Å². The molecule has 0 radical (unpaired) electrons. The van der Waals surface area contributed by atoms with E-state index in [1.807, 2.05) is 0 Å². The number of hydrogen-bond donors (Lipinski definition) is 0.